The molecular weight excluding hydrogens is 290 g/mol. The van der Waals surface area contributed by atoms with Gasteiger partial charge in [0.1, 0.15) is 11.4 Å². The highest BCUT2D eigenvalue weighted by Crippen LogP contribution is 2.20. The van der Waals surface area contributed by atoms with Gasteiger partial charge < -0.3 is 10.0 Å². The van der Waals surface area contributed by atoms with Crippen molar-refractivity contribution in [1.82, 2.24) is 14.8 Å². The van der Waals surface area contributed by atoms with Crippen LogP contribution in [0.3, 0.4) is 0 Å². The van der Waals surface area contributed by atoms with E-state index in [2.05, 4.69) is 30.7 Å². The zero-order valence-electron chi connectivity index (χ0n) is 13.9. The summed E-state index contributed by atoms with van der Waals surface area (Å²) in [5.41, 5.74) is 1.33. The highest BCUT2D eigenvalue weighted by atomic mass is 16.3. The number of phenols is 1. The van der Waals surface area contributed by atoms with Crippen molar-refractivity contribution in [3.8, 4) is 5.75 Å². The van der Waals surface area contributed by atoms with Crippen LogP contribution in [-0.2, 0) is 0 Å². The molecule has 0 aliphatic carbocycles. The summed E-state index contributed by atoms with van der Waals surface area (Å²) in [6.07, 6.45) is 0. The number of nitrogens with zero attached hydrogens (tertiary/aromatic N) is 3. The Morgan fingerprint density at radius 1 is 1.09 bits per heavy atom. The molecule has 1 saturated heterocycles. The fourth-order valence-corrected chi connectivity index (χ4v) is 2.97. The van der Waals surface area contributed by atoms with E-state index < -0.39 is 0 Å². The second-order valence-corrected chi connectivity index (χ2v) is 7.02. The van der Waals surface area contributed by atoms with Gasteiger partial charge in [-0.15, -0.1) is 0 Å². The fraction of sp³-hybridized carbons (Fsp3) is 0.444. The molecule has 2 heterocycles. The summed E-state index contributed by atoms with van der Waals surface area (Å²) in [4.78, 5) is 21.4. The van der Waals surface area contributed by atoms with E-state index in [1.54, 1.807) is 24.3 Å². The minimum Gasteiger partial charge on any atom is -0.508 e. The summed E-state index contributed by atoms with van der Waals surface area (Å²) >= 11 is 0. The number of carbonyl (C=O) groups excluding carboxylic acids is 1. The van der Waals surface area contributed by atoms with Crippen LogP contribution in [0.2, 0.25) is 0 Å². The van der Waals surface area contributed by atoms with Gasteiger partial charge in [-0.25, -0.2) is 4.98 Å². The standard InChI is InChI=1S/C18H23N3O2/c1-18(2,3)21-10-8-20(9-11-21)17(23)16-6-4-13-12-14(22)5-7-15(13)19-16/h4-7,12,22H,8-11H2,1-3H3. The number of piperazine rings is 1. The number of rotatable bonds is 1. The Morgan fingerprint density at radius 2 is 1.78 bits per heavy atom. The number of aromatic hydroxyl groups is 1. The molecule has 1 N–H and O–H groups in total. The van der Waals surface area contributed by atoms with Gasteiger partial charge in [0, 0.05) is 37.1 Å². The first kappa shape index (κ1) is 15.7. The molecule has 5 heteroatoms. The quantitative estimate of drug-likeness (QED) is 0.879. The summed E-state index contributed by atoms with van der Waals surface area (Å²) in [5.74, 6) is 0.185. The third kappa shape index (κ3) is 3.29. The van der Waals surface area contributed by atoms with E-state index in [4.69, 9.17) is 0 Å². The number of phenolic OH excluding ortho intramolecular Hbond substituents is 1. The number of fused-ring (bicyclic) bond motifs is 1. The lowest BCUT2D eigenvalue weighted by Crippen LogP contribution is -2.54. The minimum atomic E-state index is -0.0199. The topological polar surface area (TPSA) is 56.7 Å². The molecule has 122 valence electrons. The van der Waals surface area contributed by atoms with Gasteiger partial charge in [0.25, 0.3) is 5.91 Å². The number of benzene rings is 1. The molecule has 0 bridgehead atoms. The number of aromatic nitrogens is 1. The Bertz CT molecular complexity index is 729. The first-order chi connectivity index (χ1) is 10.8. The van der Waals surface area contributed by atoms with Crippen molar-refractivity contribution in [3.63, 3.8) is 0 Å². The van der Waals surface area contributed by atoms with Gasteiger partial charge in [-0.1, -0.05) is 6.07 Å². The third-order valence-electron chi connectivity index (χ3n) is 4.41. The summed E-state index contributed by atoms with van der Waals surface area (Å²) < 4.78 is 0. The lowest BCUT2D eigenvalue weighted by molar-refractivity contribution is 0.0447. The normalized spacial score (nSPS) is 16.7. The predicted octanol–water partition coefficient (Wildman–Crippen LogP) is 2.50. The van der Waals surface area contributed by atoms with Crippen LogP contribution in [0.15, 0.2) is 30.3 Å². The average molecular weight is 313 g/mol. The molecule has 0 saturated carbocycles. The van der Waals surface area contributed by atoms with Gasteiger partial charge in [-0.3, -0.25) is 9.69 Å². The van der Waals surface area contributed by atoms with Crippen LogP contribution >= 0.6 is 0 Å². The zero-order valence-corrected chi connectivity index (χ0v) is 13.9. The number of pyridine rings is 1. The van der Waals surface area contributed by atoms with Crippen LogP contribution in [-0.4, -0.2) is 57.5 Å². The smallest absolute Gasteiger partial charge is 0.272 e. The Morgan fingerprint density at radius 3 is 2.43 bits per heavy atom. The van der Waals surface area contributed by atoms with Gasteiger partial charge in [-0.2, -0.15) is 0 Å². The van der Waals surface area contributed by atoms with Gasteiger partial charge in [0.15, 0.2) is 0 Å². The molecule has 1 amide bonds. The molecule has 1 aromatic heterocycles. The maximum Gasteiger partial charge on any atom is 0.272 e. The highest BCUT2D eigenvalue weighted by molar-refractivity contribution is 5.95. The van der Waals surface area contributed by atoms with Crippen LogP contribution in [0.4, 0.5) is 0 Å². The Labute approximate surface area is 136 Å². The van der Waals surface area contributed by atoms with Crippen LogP contribution in [0, 0.1) is 0 Å². The van der Waals surface area contributed by atoms with Gasteiger partial charge >= 0.3 is 0 Å². The predicted molar refractivity (Wildman–Crippen MR) is 90.6 cm³/mol. The average Bonchev–Trinajstić information content (AvgIpc) is 2.53. The van der Waals surface area contributed by atoms with E-state index in [0.717, 1.165) is 37.1 Å². The van der Waals surface area contributed by atoms with E-state index in [1.165, 1.54) is 0 Å². The molecule has 0 atom stereocenters. The largest absolute Gasteiger partial charge is 0.508 e. The minimum absolute atomic E-state index is 0.0199. The number of amides is 1. The summed E-state index contributed by atoms with van der Waals surface area (Å²) in [7, 11) is 0. The number of carbonyl (C=O) groups is 1. The van der Waals surface area contributed by atoms with Crippen LogP contribution in [0.25, 0.3) is 10.9 Å². The molecule has 3 rings (SSSR count). The Kier molecular flexibility index (Phi) is 3.98. The van der Waals surface area contributed by atoms with Gasteiger partial charge in [0.2, 0.25) is 0 Å². The number of hydrogen-bond acceptors (Lipinski definition) is 4. The first-order valence-corrected chi connectivity index (χ1v) is 7.99. The maximum atomic E-state index is 12.7. The molecule has 1 aromatic carbocycles. The first-order valence-electron chi connectivity index (χ1n) is 7.99. The molecule has 1 aliphatic heterocycles. The molecule has 23 heavy (non-hydrogen) atoms. The van der Waals surface area contributed by atoms with E-state index in [1.807, 2.05) is 11.0 Å². The third-order valence-corrected chi connectivity index (χ3v) is 4.41. The van der Waals surface area contributed by atoms with Gasteiger partial charge in [-0.05, 0) is 45.0 Å². The maximum absolute atomic E-state index is 12.7. The van der Waals surface area contributed by atoms with Crippen molar-refractivity contribution in [2.24, 2.45) is 0 Å². The summed E-state index contributed by atoms with van der Waals surface area (Å²) in [5, 5.41) is 10.3. The molecule has 0 unspecified atom stereocenters. The van der Waals surface area contributed by atoms with Crippen molar-refractivity contribution >= 4 is 16.8 Å². The van der Waals surface area contributed by atoms with E-state index in [0.29, 0.717) is 5.69 Å². The molecule has 1 fully saturated rings. The summed E-state index contributed by atoms with van der Waals surface area (Å²) in [6, 6.07) is 8.55. The Hall–Kier alpha value is -2.14. The second kappa shape index (κ2) is 5.81. The SMILES string of the molecule is CC(C)(C)N1CCN(C(=O)c2ccc3cc(O)ccc3n2)CC1. The van der Waals surface area contributed by atoms with Crippen molar-refractivity contribution in [3.05, 3.63) is 36.0 Å². The van der Waals surface area contributed by atoms with Crippen molar-refractivity contribution in [1.29, 1.82) is 0 Å². The molecule has 0 spiro atoms. The molecular formula is C18H23N3O2. The van der Waals surface area contributed by atoms with E-state index in [9.17, 15) is 9.90 Å². The zero-order chi connectivity index (χ0) is 16.6. The lowest BCUT2D eigenvalue weighted by Gasteiger charge is -2.42. The van der Waals surface area contributed by atoms with E-state index in [-0.39, 0.29) is 17.2 Å². The van der Waals surface area contributed by atoms with Crippen molar-refractivity contribution in [2.75, 3.05) is 26.2 Å². The lowest BCUT2D eigenvalue weighted by atomic mass is 10.0. The molecule has 2 aromatic rings. The summed E-state index contributed by atoms with van der Waals surface area (Å²) in [6.45, 7) is 9.82. The van der Waals surface area contributed by atoms with Gasteiger partial charge in [0.05, 0.1) is 5.52 Å². The highest BCUT2D eigenvalue weighted by Gasteiger charge is 2.28. The van der Waals surface area contributed by atoms with Crippen molar-refractivity contribution in [2.45, 2.75) is 26.3 Å². The molecule has 5 nitrogen and oxygen atoms in total. The molecule has 0 radical (unpaired) electrons. The second-order valence-electron chi connectivity index (χ2n) is 7.02. The van der Waals surface area contributed by atoms with Crippen LogP contribution < -0.4 is 0 Å². The fourth-order valence-electron chi connectivity index (χ4n) is 2.97. The van der Waals surface area contributed by atoms with Crippen LogP contribution in [0.1, 0.15) is 31.3 Å². The Balaban J connectivity index is 1.75. The monoisotopic (exact) mass is 313 g/mol. The van der Waals surface area contributed by atoms with E-state index >= 15 is 0 Å². The molecule has 1 aliphatic rings. The van der Waals surface area contributed by atoms with Crippen LogP contribution in [0.5, 0.6) is 5.75 Å². The number of hydrogen-bond donors (Lipinski definition) is 1. The van der Waals surface area contributed by atoms with Crippen molar-refractivity contribution < 1.29 is 9.90 Å².